The fourth-order valence-electron chi connectivity index (χ4n) is 2.24. The molecule has 0 saturated carbocycles. The van der Waals surface area contributed by atoms with E-state index in [2.05, 4.69) is 15.2 Å². The molecule has 2 aromatic heterocycles. The van der Waals surface area contributed by atoms with E-state index in [1.165, 1.54) is 6.20 Å². The number of benzene rings is 1. The lowest BCUT2D eigenvalue weighted by molar-refractivity contribution is 0.387. The molecule has 7 nitrogen and oxygen atoms in total. The van der Waals surface area contributed by atoms with Crippen molar-refractivity contribution in [3.63, 3.8) is 0 Å². The molecule has 0 N–H and O–H groups in total. The lowest BCUT2D eigenvalue weighted by atomic mass is 10.2. The van der Waals surface area contributed by atoms with Gasteiger partial charge in [-0.25, -0.2) is 0 Å². The molecule has 25 heavy (non-hydrogen) atoms. The zero-order valence-corrected chi connectivity index (χ0v) is 15.5. The number of aromatic nitrogens is 4. The Morgan fingerprint density at radius 3 is 2.64 bits per heavy atom. The number of nitrogens with zero attached hydrogens (tertiary/aromatic N) is 5. The summed E-state index contributed by atoms with van der Waals surface area (Å²) >= 11 is 18.0. The maximum Gasteiger partial charge on any atom is 0.291 e. The Labute approximate surface area is 157 Å². The molecule has 2 heterocycles. The second kappa shape index (κ2) is 7.03. The van der Waals surface area contributed by atoms with Gasteiger partial charge in [0.25, 0.3) is 5.56 Å². The first-order valence-electron chi connectivity index (χ1n) is 7.10. The Morgan fingerprint density at radius 1 is 1.24 bits per heavy atom. The van der Waals surface area contributed by atoms with Crippen LogP contribution in [-0.2, 0) is 6.54 Å². The van der Waals surface area contributed by atoms with E-state index in [1.807, 2.05) is 11.9 Å². The molecule has 0 aliphatic rings. The Balaban J connectivity index is 1.91. The molecule has 3 rings (SSSR count). The van der Waals surface area contributed by atoms with Gasteiger partial charge in [0.05, 0.1) is 34.2 Å². The summed E-state index contributed by atoms with van der Waals surface area (Å²) in [5, 5.41) is 8.26. The smallest absolute Gasteiger partial charge is 0.291 e. The van der Waals surface area contributed by atoms with E-state index < -0.39 is 5.56 Å². The van der Waals surface area contributed by atoms with Gasteiger partial charge in [0, 0.05) is 14.0 Å². The van der Waals surface area contributed by atoms with Crippen molar-refractivity contribution in [2.24, 2.45) is 0 Å². The molecule has 10 heteroatoms. The topological polar surface area (TPSA) is 77.1 Å². The summed E-state index contributed by atoms with van der Waals surface area (Å²) in [7, 11) is 1.84. The molecule has 130 valence electrons. The summed E-state index contributed by atoms with van der Waals surface area (Å²) in [5.41, 5.74) is 0.690. The Bertz CT molecular complexity index is 986. The zero-order valence-electron chi connectivity index (χ0n) is 13.2. The van der Waals surface area contributed by atoms with Crippen molar-refractivity contribution in [2.45, 2.75) is 13.5 Å². The Hall–Kier alpha value is -2.09. The highest BCUT2D eigenvalue weighted by molar-refractivity contribution is 6.41. The van der Waals surface area contributed by atoms with E-state index in [1.54, 1.807) is 25.1 Å². The molecule has 0 fully saturated rings. The third-order valence-electron chi connectivity index (χ3n) is 3.41. The lowest BCUT2D eigenvalue weighted by Crippen LogP contribution is -2.22. The zero-order chi connectivity index (χ0) is 18.1. The van der Waals surface area contributed by atoms with E-state index in [0.717, 1.165) is 10.4 Å². The average Bonchev–Trinajstić information content (AvgIpc) is 2.97. The van der Waals surface area contributed by atoms with E-state index in [9.17, 15) is 4.79 Å². The standard InChI is InChI=1S/C15H12Cl3N5O2/c1-8-20-13(21-25-8)7-22(2)12-4-3-9(5-10(12)16)23-15(24)14(18)11(17)6-19-23/h3-6H,7H2,1-2H3. The van der Waals surface area contributed by atoms with Crippen molar-refractivity contribution >= 4 is 40.5 Å². The third kappa shape index (κ3) is 3.63. The van der Waals surface area contributed by atoms with Crippen molar-refractivity contribution in [3.05, 3.63) is 61.5 Å². The van der Waals surface area contributed by atoms with Crippen LogP contribution in [0, 0.1) is 6.92 Å². The summed E-state index contributed by atoms with van der Waals surface area (Å²) in [6.07, 6.45) is 1.30. The van der Waals surface area contributed by atoms with Gasteiger partial charge >= 0.3 is 0 Å². The average molecular weight is 401 g/mol. The van der Waals surface area contributed by atoms with E-state index >= 15 is 0 Å². The minimum atomic E-state index is -0.520. The fourth-order valence-corrected chi connectivity index (χ4v) is 2.81. The number of rotatable bonds is 4. The van der Waals surface area contributed by atoms with Crippen LogP contribution < -0.4 is 10.5 Å². The van der Waals surface area contributed by atoms with Crippen molar-refractivity contribution < 1.29 is 4.52 Å². The van der Waals surface area contributed by atoms with E-state index in [4.69, 9.17) is 39.3 Å². The van der Waals surface area contributed by atoms with Crippen molar-refractivity contribution in [1.29, 1.82) is 0 Å². The van der Waals surface area contributed by atoms with Gasteiger partial charge in [0.2, 0.25) is 5.89 Å². The Kier molecular flexibility index (Phi) is 4.99. The van der Waals surface area contributed by atoms with Crippen LogP contribution >= 0.6 is 34.8 Å². The van der Waals surface area contributed by atoms with Crippen molar-refractivity contribution in [2.75, 3.05) is 11.9 Å². The van der Waals surface area contributed by atoms with Gasteiger partial charge in [0.1, 0.15) is 5.02 Å². The van der Waals surface area contributed by atoms with Crippen LogP contribution in [0.2, 0.25) is 15.1 Å². The van der Waals surface area contributed by atoms with Gasteiger partial charge in [-0.2, -0.15) is 14.8 Å². The van der Waals surface area contributed by atoms with Crippen molar-refractivity contribution in [1.82, 2.24) is 19.9 Å². The molecule has 0 spiro atoms. The molecule has 0 unspecified atom stereocenters. The monoisotopic (exact) mass is 399 g/mol. The van der Waals surface area contributed by atoms with Crippen molar-refractivity contribution in [3.8, 4) is 5.69 Å². The van der Waals surface area contributed by atoms with E-state index in [-0.39, 0.29) is 10.0 Å². The maximum absolute atomic E-state index is 12.2. The molecule has 0 aliphatic carbocycles. The molecule has 0 atom stereocenters. The first-order chi connectivity index (χ1) is 11.9. The minimum absolute atomic E-state index is 0.0959. The van der Waals surface area contributed by atoms with Gasteiger partial charge in [-0.1, -0.05) is 40.0 Å². The predicted molar refractivity (Wildman–Crippen MR) is 96.0 cm³/mol. The van der Waals surface area contributed by atoms with E-state index in [0.29, 0.717) is 29.0 Å². The summed E-state index contributed by atoms with van der Waals surface area (Å²) in [6, 6.07) is 5.09. The summed E-state index contributed by atoms with van der Waals surface area (Å²) in [5.74, 6) is 1.04. The maximum atomic E-state index is 12.2. The SMILES string of the molecule is Cc1nc(CN(C)c2ccc(-n3ncc(Cl)c(Cl)c3=O)cc2Cl)no1. The quantitative estimate of drug-likeness (QED) is 0.667. The third-order valence-corrected chi connectivity index (χ3v) is 4.46. The highest BCUT2D eigenvalue weighted by Crippen LogP contribution is 2.28. The molecule has 0 saturated heterocycles. The number of halogens is 3. The molecule has 1 aromatic carbocycles. The van der Waals surface area contributed by atoms with Crippen LogP contribution in [0.1, 0.15) is 11.7 Å². The van der Waals surface area contributed by atoms with Crippen LogP contribution in [0.5, 0.6) is 0 Å². The highest BCUT2D eigenvalue weighted by atomic mass is 35.5. The lowest BCUT2D eigenvalue weighted by Gasteiger charge is -2.19. The largest absolute Gasteiger partial charge is 0.366 e. The van der Waals surface area contributed by atoms with Gasteiger partial charge in [-0.3, -0.25) is 4.79 Å². The summed E-state index contributed by atoms with van der Waals surface area (Å²) in [6.45, 7) is 2.14. The number of anilines is 1. The molecular weight excluding hydrogens is 389 g/mol. The normalized spacial score (nSPS) is 10.9. The predicted octanol–water partition coefficient (Wildman–Crippen LogP) is 3.52. The number of aryl methyl sites for hydroxylation is 1. The van der Waals surface area contributed by atoms with Crippen LogP contribution in [0.4, 0.5) is 5.69 Å². The fraction of sp³-hybridized carbons (Fsp3) is 0.200. The van der Waals surface area contributed by atoms with Gasteiger partial charge in [-0.05, 0) is 18.2 Å². The molecule has 0 bridgehead atoms. The van der Waals surface area contributed by atoms with Gasteiger partial charge < -0.3 is 9.42 Å². The second-order valence-corrected chi connectivity index (χ2v) is 6.44. The van der Waals surface area contributed by atoms with Crippen LogP contribution in [0.15, 0.2) is 33.7 Å². The minimum Gasteiger partial charge on any atom is -0.366 e. The summed E-state index contributed by atoms with van der Waals surface area (Å²) < 4.78 is 6.08. The molecule has 3 aromatic rings. The summed E-state index contributed by atoms with van der Waals surface area (Å²) in [4.78, 5) is 18.2. The first kappa shape index (κ1) is 17.7. The van der Waals surface area contributed by atoms with Crippen LogP contribution in [0.3, 0.4) is 0 Å². The molecular formula is C15H12Cl3N5O2. The molecule has 0 radical (unpaired) electrons. The number of hydrogen-bond donors (Lipinski definition) is 0. The van der Waals surface area contributed by atoms with Crippen LogP contribution in [-0.4, -0.2) is 27.0 Å². The Morgan fingerprint density at radius 2 is 2.00 bits per heavy atom. The van der Waals surface area contributed by atoms with Gasteiger partial charge in [0.15, 0.2) is 5.82 Å². The van der Waals surface area contributed by atoms with Gasteiger partial charge in [-0.15, -0.1) is 0 Å². The second-order valence-electron chi connectivity index (χ2n) is 5.24. The molecule has 0 amide bonds. The number of hydrogen-bond acceptors (Lipinski definition) is 6. The first-order valence-corrected chi connectivity index (χ1v) is 8.24. The highest BCUT2D eigenvalue weighted by Gasteiger charge is 2.14. The molecule has 0 aliphatic heterocycles. The van der Waals surface area contributed by atoms with Crippen LogP contribution in [0.25, 0.3) is 5.69 Å².